The van der Waals surface area contributed by atoms with Crippen molar-refractivity contribution >= 4 is 17.7 Å². The predicted octanol–water partition coefficient (Wildman–Crippen LogP) is 5.43. The van der Waals surface area contributed by atoms with E-state index in [2.05, 4.69) is 20.1 Å². The van der Waals surface area contributed by atoms with Crippen LogP contribution in [-0.2, 0) is 4.79 Å². The predicted molar refractivity (Wildman–Crippen MR) is 128 cm³/mol. The van der Waals surface area contributed by atoms with Crippen LogP contribution in [0, 0.1) is 0 Å². The zero-order valence-corrected chi connectivity index (χ0v) is 19.5. The number of aromatic nitrogens is 3. The molecule has 1 atom stereocenters. The van der Waals surface area contributed by atoms with Crippen LogP contribution >= 0.6 is 11.8 Å². The highest BCUT2D eigenvalue weighted by molar-refractivity contribution is 7.99. The fraction of sp³-hybridized carbons (Fsp3) is 0.400. The van der Waals surface area contributed by atoms with Crippen LogP contribution in [0.4, 0.5) is 0 Å². The van der Waals surface area contributed by atoms with Gasteiger partial charge in [-0.05, 0) is 49.6 Å². The van der Waals surface area contributed by atoms with Crippen LogP contribution in [0.1, 0.15) is 56.7 Å². The standard InChI is InChI=1S/C25H30N4O2S/c1-18(19-9-5-3-6-10-19)26-23(30)17-32-25-28-27-24(20-13-15-22(31-2)16-14-20)29(25)21-11-7-4-8-12-21/h3,5-6,9-10,13-16,18,21H,4,7-8,11-12,17H2,1-2H3,(H,26,30)/t18-/m0/s1. The van der Waals surface area contributed by atoms with Crippen molar-refractivity contribution in [3.63, 3.8) is 0 Å². The Morgan fingerprint density at radius 1 is 1.09 bits per heavy atom. The molecule has 6 nitrogen and oxygen atoms in total. The number of amides is 1. The molecular weight excluding hydrogens is 420 g/mol. The summed E-state index contributed by atoms with van der Waals surface area (Å²) in [4.78, 5) is 12.6. The highest BCUT2D eigenvalue weighted by Crippen LogP contribution is 2.36. The number of methoxy groups -OCH3 is 1. The lowest BCUT2D eigenvalue weighted by Crippen LogP contribution is -2.28. The first-order valence-electron chi connectivity index (χ1n) is 11.2. The number of carbonyl (C=O) groups is 1. The van der Waals surface area contributed by atoms with E-state index in [1.165, 1.54) is 31.0 Å². The smallest absolute Gasteiger partial charge is 0.230 e. The van der Waals surface area contributed by atoms with Crippen molar-refractivity contribution in [2.24, 2.45) is 0 Å². The second-order valence-electron chi connectivity index (χ2n) is 8.19. The van der Waals surface area contributed by atoms with Gasteiger partial charge in [-0.25, -0.2) is 0 Å². The molecule has 0 spiro atoms. The van der Waals surface area contributed by atoms with Gasteiger partial charge in [0.05, 0.1) is 18.9 Å². The van der Waals surface area contributed by atoms with Gasteiger partial charge in [0, 0.05) is 11.6 Å². The maximum Gasteiger partial charge on any atom is 0.230 e. The van der Waals surface area contributed by atoms with Gasteiger partial charge in [0.25, 0.3) is 0 Å². The normalized spacial score (nSPS) is 15.3. The quantitative estimate of drug-likeness (QED) is 0.464. The van der Waals surface area contributed by atoms with E-state index in [0.717, 1.165) is 40.7 Å². The summed E-state index contributed by atoms with van der Waals surface area (Å²) >= 11 is 1.46. The number of thioether (sulfide) groups is 1. The minimum absolute atomic E-state index is 0.00413. The van der Waals surface area contributed by atoms with Crippen LogP contribution in [-0.4, -0.2) is 33.5 Å². The Morgan fingerprint density at radius 2 is 1.81 bits per heavy atom. The third-order valence-electron chi connectivity index (χ3n) is 5.96. The third-order valence-corrected chi connectivity index (χ3v) is 6.91. The van der Waals surface area contributed by atoms with Crippen LogP contribution in [0.5, 0.6) is 5.75 Å². The summed E-state index contributed by atoms with van der Waals surface area (Å²) in [6.07, 6.45) is 5.94. The molecule has 2 aromatic carbocycles. The second kappa shape index (κ2) is 10.7. The number of rotatable bonds is 8. The van der Waals surface area contributed by atoms with E-state index in [1.54, 1.807) is 7.11 Å². The van der Waals surface area contributed by atoms with Crippen LogP contribution < -0.4 is 10.1 Å². The molecule has 168 valence electrons. The Morgan fingerprint density at radius 3 is 2.50 bits per heavy atom. The van der Waals surface area contributed by atoms with Gasteiger partial charge in [-0.2, -0.15) is 0 Å². The molecule has 0 unspecified atom stereocenters. The molecule has 1 heterocycles. The zero-order valence-electron chi connectivity index (χ0n) is 18.7. The molecule has 32 heavy (non-hydrogen) atoms. The summed E-state index contributed by atoms with van der Waals surface area (Å²) in [5.41, 5.74) is 2.11. The monoisotopic (exact) mass is 450 g/mol. The minimum atomic E-state index is -0.0321. The fourth-order valence-electron chi connectivity index (χ4n) is 4.22. The van der Waals surface area contributed by atoms with Crippen LogP contribution in [0.2, 0.25) is 0 Å². The number of ether oxygens (including phenoxy) is 1. The summed E-state index contributed by atoms with van der Waals surface area (Å²) in [5, 5.41) is 12.9. The average Bonchev–Trinajstić information content (AvgIpc) is 3.28. The number of carbonyl (C=O) groups excluding carboxylic acids is 1. The van der Waals surface area contributed by atoms with E-state index in [4.69, 9.17) is 4.74 Å². The summed E-state index contributed by atoms with van der Waals surface area (Å²) in [6.45, 7) is 2.00. The Labute approximate surface area is 193 Å². The molecule has 0 saturated heterocycles. The van der Waals surface area contributed by atoms with Crippen LogP contribution in [0.3, 0.4) is 0 Å². The molecule has 1 aromatic heterocycles. The molecule has 0 aliphatic heterocycles. The summed E-state index contributed by atoms with van der Waals surface area (Å²) in [6, 6.07) is 18.3. The molecule has 7 heteroatoms. The van der Waals surface area contributed by atoms with Gasteiger partial charge in [0.1, 0.15) is 5.75 Å². The number of benzene rings is 2. The molecular formula is C25H30N4O2S. The highest BCUT2D eigenvalue weighted by Gasteiger charge is 2.24. The molecule has 3 aromatic rings. The first-order valence-corrected chi connectivity index (χ1v) is 12.2. The van der Waals surface area contributed by atoms with Crippen LogP contribution in [0.25, 0.3) is 11.4 Å². The van der Waals surface area contributed by atoms with Gasteiger partial charge in [0.2, 0.25) is 5.91 Å². The molecule has 0 bridgehead atoms. The van der Waals surface area contributed by atoms with Gasteiger partial charge in [-0.15, -0.1) is 10.2 Å². The topological polar surface area (TPSA) is 69.0 Å². The van der Waals surface area contributed by atoms with E-state index in [-0.39, 0.29) is 11.9 Å². The first kappa shape index (κ1) is 22.4. The Hall–Kier alpha value is -2.80. The van der Waals surface area contributed by atoms with E-state index < -0.39 is 0 Å². The van der Waals surface area contributed by atoms with Crippen molar-refractivity contribution in [2.45, 2.75) is 56.3 Å². The first-order chi connectivity index (χ1) is 15.7. The lowest BCUT2D eigenvalue weighted by atomic mass is 9.95. The van der Waals surface area contributed by atoms with Crippen molar-refractivity contribution in [1.29, 1.82) is 0 Å². The number of hydrogen-bond donors (Lipinski definition) is 1. The lowest BCUT2D eigenvalue weighted by molar-refractivity contribution is -0.119. The summed E-state index contributed by atoms with van der Waals surface area (Å²) < 4.78 is 7.54. The molecule has 1 amide bonds. The molecule has 4 rings (SSSR count). The van der Waals surface area contributed by atoms with Crippen molar-refractivity contribution < 1.29 is 9.53 Å². The number of hydrogen-bond acceptors (Lipinski definition) is 5. The molecule has 0 radical (unpaired) electrons. The van der Waals surface area contributed by atoms with Crippen molar-refractivity contribution in [2.75, 3.05) is 12.9 Å². The SMILES string of the molecule is COc1ccc(-c2nnc(SCC(=O)N[C@@H](C)c3ccccc3)n2C2CCCCC2)cc1. The van der Waals surface area contributed by atoms with Gasteiger partial charge >= 0.3 is 0 Å². The van der Waals surface area contributed by atoms with Gasteiger partial charge in [-0.1, -0.05) is 61.4 Å². The van der Waals surface area contributed by atoms with E-state index in [9.17, 15) is 4.79 Å². The van der Waals surface area contributed by atoms with Gasteiger partial charge in [0.15, 0.2) is 11.0 Å². The van der Waals surface area contributed by atoms with E-state index >= 15 is 0 Å². The van der Waals surface area contributed by atoms with E-state index in [1.807, 2.05) is 61.5 Å². The fourth-order valence-corrected chi connectivity index (χ4v) is 5.04. The summed E-state index contributed by atoms with van der Waals surface area (Å²) in [5.74, 6) is 1.98. The van der Waals surface area contributed by atoms with Gasteiger partial charge < -0.3 is 10.1 Å². The zero-order chi connectivity index (χ0) is 22.3. The largest absolute Gasteiger partial charge is 0.497 e. The second-order valence-corrected chi connectivity index (χ2v) is 9.13. The number of nitrogens with zero attached hydrogens (tertiary/aromatic N) is 3. The lowest BCUT2D eigenvalue weighted by Gasteiger charge is -2.25. The van der Waals surface area contributed by atoms with Crippen LogP contribution in [0.15, 0.2) is 59.8 Å². The van der Waals surface area contributed by atoms with E-state index in [0.29, 0.717) is 11.8 Å². The van der Waals surface area contributed by atoms with Gasteiger partial charge in [-0.3, -0.25) is 9.36 Å². The molecule has 1 N–H and O–H groups in total. The third kappa shape index (κ3) is 5.33. The Bertz CT molecular complexity index is 1010. The Balaban J connectivity index is 1.50. The highest BCUT2D eigenvalue weighted by atomic mass is 32.2. The van der Waals surface area contributed by atoms with Crippen molar-refractivity contribution in [1.82, 2.24) is 20.1 Å². The Kier molecular flexibility index (Phi) is 7.47. The molecule has 1 fully saturated rings. The molecule has 1 aliphatic rings. The maximum absolute atomic E-state index is 12.6. The average molecular weight is 451 g/mol. The van der Waals surface area contributed by atoms with Crippen molar-refractivity contribution in [3.05, 3.63) is 60.2 Å². The number of nitrogens with one attached hydrogen (secondary N) is 1. The molecule has 1 aliphatic carbocycles. The summed E-state index contributed by atoms with van der Waals surface area (Å²) in [7, 11) is 1.66. The minimum Gasteiger partial charge on any atom is -0.497 e. The molecule has 1 saturated carbocycles. The van der Waals surface area contributed by atoms with Crippen molar-refractivity contribution in [3.8, 4) is 17.1 Å². The maximum atomic E-state index is 12.6.